The van der Waals surface area contributed by atoms with E-state index in [4.69, 9.17) is 59.3 Å². The summed E-state index contributed by atoms with van der Waals surface area (Å²) in [4.78, 5) is 44.2. The Hall–Kier alpha value is -3.14. The summed E-state index contributed by atoms with van der Waals surface area (Å²) in [7, 11) is 2.71. The summed E-state index contributed by atoms with van der Waals surface area (Å²) in [5.74, 6) is 0.578. The molecule has 2 unspecified atom stereocenters. The molecule has 0 spiro atoms. The minimum absolute atomic E-state index is 0.0148. The fourth-order valence-corrected chi connectivity index (χ4v) is 6.04. The summed E-state index contributed by atoms with van der Waals surface area (Å²) in [6, 6.07) is 8.26. The van der Waals surface area contributed by atoms with Crippen LogP contribution in [-0.2, 0) is 69.9 Å². The van der Waals surface area contributed by atoms with E-state index in [0.29, 0.717) is 137 Å². The third kappa shape index (κ3) is 55.8. The second-order valence-corrected chi connectivity index (χ2v) is 17.8. The zero-order valence-electron chi connectivity index (χ0n) is 44.7. The minimum atomic E-state index is -0.500. The molecule has 0 aliphatic carbocycles. The maximum atomic E-state index is 12.2. The topological polar surface area (TPSA) is 264 Å². The maximum Gasteiger partial charge on any atom is 0.236 e. The second-order valence-electron chi connectivity index (χ2n) is 17.8. The zero-order valence-corrected chi connectivity index (χ0v) is 44.7. The number of hydrogen-bond donors (Lipinski definition) is 6. The predicted octanol–water partition coefficient (Wildman–Crippen LogP) is 4.70. The summed E-state index contributed by atoms with van der Waals surface area (Å²) < 4.78 is 43.9. The number of carbonyl (C=O) groups excluding carboxylic acids is 4. The van der Waals surface area contributed by atoms with Crippen LogP contribution in [0.3, 0.4) is 0 Å². The van der Waals surface area contributed by atoms with Gasteiger partial charge in [-0.25, -0.2) is 0 Å². The average molecular weight is 1000 g/mol. The lowest BCUT2D eigenvalue weighted by Crippen LogP contribution is -2.41. The summed E-state index contributed by atoms with van der Waals surface area (Å²) in [5, 5.41) is 12.8. The van der Waals surface area contributed by atoms with Crippen molar-refractivity contribution in [1.82, 2.24) is 10.6 Å². The monoisotopic (exact) mass is 1000 g/mol. The van der Waals surface area contributed by atoms with Crippen molar-refractivity contribution in [3.05, 3.63) is 35.4 Å². The molecule has 0 saturated carbocycles. The average Bonchev–Trinajstić information content (AvgIpc) is 3.34. The highest BCUT2D eigenvalue weighted by atomic mass is 16.6. The highest BCUT2D eigenvalue weighted by Crippen LogP contribution is 2.13. The number of primary amides is 1. The molecule has 1 aromatic carbocycles. The number of unbranched alkanes of at least 4 members (excludes halogenated alkanes) is 4. The van der Waals surface area contributed by atoms with Gasteiger partial charge in [-0.2, -0.15) is 0 Å². The standard InChI is InChI=1S/C45H82N4O10.C5H12O.CH3NO.CH4O/c1-39(2)37-41-17-15-40(16-18-41)12-10-14-44(51)48-21-7-5-11-42(38-50)19-25-55-29-27-53-23-8-3-9-24-54-28-31-57-33-35-59-36-34-58-32-30-56-26-22-49-45(52)43(47)13-4-6-20-46;1-5(2,3)6-4;2-1-3;1-2/h15-18,38-39,42-43H,3-14,19-37,46-47H2,1-2H3,(H,48,51)(H,49,52);1-4H3;1H,(H2,2,3);2H,1H3. The van der Waals surface area contributed by atoms with E-state index in [-0.39, 0.29) is 29.7 Å². The summed E-state index contributed by atoms with van der Waals surface area (Å²) in [6.45, 7) is 19.6. The van der Waals surface area contributed by atoms with Crippen molar-refractivity contribution in [1.29, 1.82) is 0 Å². The third-order valence-electron chi connectivity index (χ3n) is 10.1. The van der Waals surface area contributed by atoms with Gasteiger partial charge in [0.1, 0.15) is 6.29 Å². The largest absolute Gasteiger partial charge is 0.400 e. The molecule has 1 aromatic rings. The number of nitrogens with two attached hydrogens (primary N) is 3. The van der Waals surface area contributed by atoms with Gasteiger partial charge in [-0.15, -0.1) is 0 Å². The van der Waals surface area contributed by atoms with E-state index >= 15 is 0 Å². The normalized spacial score (nSPS) is 11.8. The van der Waals surface area contributed by atoms with Crippen LogP contribution in [0.2, 0.25) is 0 Å². The fourth-order valence-electron chi connectivity index (χ4n) is 6.04. The molecule has 18 nitrogen and oxygen atoms in total. The molecule has 0 aromatic heterocycles. The molecule has 0 fully saturated rings. The number of hydrogen-bond acceptors (Lipinski definition) is 15. The van der Waals surface area contributed by atoms with Crippen molar-refractivity contribution < 1.29 is 62.2 Å². The first-order chi connectivity index (χ1) is 33.8. The van der Waals surface area contributed by atoms with E-state index in [0.717, 1.165) is 84.0 Å². The fraction of sp³-hybridized carbons (Fsp3) is 0.808. The van der Waals surface area contributed by atoms with Gasteiger partial charge in [0.15, 0.2) is 0 Å². The van der Waals surface area contributed by atoms with Crippen LogP contribution < -0.4 is 27.8 Å². The predicted molar refractivity (Wildman–Crippen MR) is 278 cm³/mol. The van der Waals surface area contributed by atoms with Crippen LogP contribution in [0, 0.1) is 11.8 Å². The van der Waals surface area contributed by atoms with Crippen LogP contribution in [0.15, 0.2) is 24.3 Å². The smallest absolute Gasteiger partial charge is 0.236 e. The van der Waals surface area contributed by atoms with Gasteiger partial charge in [-0.3, -0.25) is 14.4 Å². The van der Waals surface area contributed by atoms with Gasteiger partial charge in [0.05, 0.1) is 84.3 Å². The molecule has 0 bridgehead atoms. The molecule has 70 heavy (non-hydrogen) atoms. The number of aliphatic hydroxyl groups is 1. The Balaban J connectivity index is -0.00000368. The summed E-state index contributed by atoms with van der Waals surface area (Å²) in [5.41, 5.74) is 18.2. The number of amides is 3. The van der Waals surface area contributed by atoms with Crippen molar-refractivity contribution in [2.24, 2.45) is 29.0 Å². The van der Waals surface area contributed by atoms with Gasteiger partial charge >= 0.3 is 0 Å². The molecule has 0 saturated heterocycles. The lowest BCUT2D eigenvalue weighted by molar-refractivity contribution is -0.123. The highest BCUT2D eigenvalue weighted by Gasteiger charge is 2.12. The van der Waals surface area contributed by atoms with Gasteiger partial charge in [-0.1, -0.05) is 51.0 Å². The second kappa shape index (κ2) is 55.2. The molecule has 0 aliphatic rings. The lowest BCUT2D eigenvalue weighted by atomic mass is 10.00. The number of carbonyl (C=O) groups is 4. The Morgan fingerprint density at radius 2 is 1.07 bits per heavy atom. The molecule has 3 amide bonds. The molecule has 412 valence electrons. The van der Waals surface area contributed by atoms with Crippen LogP contribution in [0.4, 0.5) is 0 Å². The number of benzene rings is 1. The Morgan fingerprint density at radius 1 is 0.614 bits per heavy atom. The molecule has 9 N–H and O–H groups in total. The van der Waals surface area contributed by atoms with E-state index in [1.54, 1.807) is 7.11 Å². The van der Waals surface area contributed by atoms with Crippen LogP contribution in [-0.4, -0.2) is 168 Å². The number of methoxy groups -OCH3 is 1. The molecule has 2 atom stereocenters. The Labute approximate surface area is 423 Å². The van der Waals surface area contributed by atoms with Crippen molar-refractivity contribution in [3.8, 4) is 0 Å². The SMILES string of the molecule is CC(C)Cc1ccc(CCCC(=O)NCCCCC(C=O)CCOCCOCCCCCOCCOCCOCCOCCOCCNC(=O)C(N)CCCCN)cc1.CO.COC(C)(C)C.NC=O. The Bertz CT molecular complexity index is 1280. The number of aliphatic hydroxyl groups excluding tert-OH is 1. The Morgan fingerprint density at radius 3 is 1.54 bits per heavy atom. The van der Waals surface area contributed by atoms with Gasteiger partial charge in [0.25, 0.3) is 0 Å². The van der Waals surface area contributed by atoms with Crippen LogP contribution in [0.5, 0.6) is 0 Å². The number of aldehydes is 1. The first kappa shape index (κ1) is 71.1. The van der Waals surface area contributed by atoms with E-state index in [2.05, 4.69) is 54.5 Å². The molecule has 0 radical (unpaired) electrons. The van der Waals surface area contributed by atoms with Crippen molar-refractivity contribution in [2.75, 3.05) is 126 Å². The number of nitrogens with one attached hydrogen (secondary N) is 2. The van der Waals surface area contributed by atoms with Crippen LogP contribution in [0.1, 0.15) is 123 Å². The number of rotatable bonds is 44. The zero-order chi connectivity index (χ0) is 52.8. The van der Waals surface area contributed by atoms with Crippen molar-refractivity contribution >= 4 is 24.5 Å². The highest BCUT2D eigenvalue weighted by molar-refractivity contribution is 5.81. The van der Waals surface area contributed by atoms with Gasteiger partial charge in [0.2, 0.25) is 18.2 Å². The Kier molecular flexibility index (Phi) is 56.1. The van der Waals surface area contributed by atoms with Gasteiger partial charge in [-0.05, 0) is 115 Å². The molecule has 18 heteroatoms. The van der Waals surface area contributed by atoms with Gasteiger partial charge < -0.3 is 75.6 Å². The molecular formula is C52H101N5O13. The summed E-state index contributed by atoms with van der Waals surface area (Å²) in [6.07, 6.45) is 13.3. The van der Waals surface area contributed by atoms with Crippen molar-refractivity contribution in [3.63, 3.8) is 0 Å². The van der Waals surface area contributed by atoms with Crippen molar-refractivity contribution in [2.45, 2.75) is 136 Å². The lowest BCUT2D eigenvalue weighted by Gasteiger charge is -2.14. The third-order valence-corrected chi connectivity index (χ3v) is 10.1. The molecule has 0 aliphatic heterocycles. The molecular weight excluding hydrogens is 903 g/mol. The maximum absolute atomic E-state index is 12.2. The van der Waals surface area contributed by atoms with E-state index in [9.17, 15) is 14.4 Å². The number of ether oxygens (including phenoxy) is 8. The number of aryl methyl sites for hydroxylation is 1. The molecule has 1 rings (SSSR count). The minimum Gasteiger partial charge on any atom is -0.400 e. The first-order valence-corrected chi connectivity index (χ1v) is 25.6. The van der Waals surface area contributed by atoms with E-state index in [1.165, 1.54) is 11.1 Å². The van der Waals surface area contributed by atoms with Crippen LogP contribution >= 0.6 is 0 Å². The summed E-state index contributed by atoms with van der Waals surface area (Å²) >= 11 is 0. The first-order valence-electron chi connectivity index (χ1n) is 25.6. The molecule has 0 heterocycles. The quantitative estimate of drug-likeness (QED) is 0.0382. The van der Waals surface area contributed by atoms with E-state index in [1.807, 2.05) is 20.8 Å². The van der Waals surface area contributed by atoms with E-state index < -0.39 is 6.04 Å². The van der Waals surface area contributed by atoms with Gasteiger partial charge in [0, 0.05) is 59.5 Å². The van der Waals surface area contributed by atoms with Crippen LogP contribution in [0.25, 0.3) is 0 Å².